The molecule has 12 heteroatoms. The Hall–Kier alpha value is -4.29. The van der Waals surface area contributed by atoms with Crippen LogP contribution in [0.1, 0.15) is 65.1 Å². The molecule has 2 amide bonds. The second-order valence-electron chi connectivity index (χ2n) is 11.5. The first-order valence-electron chi connectivity index (χ1n) is 15.3. The molecule has 1 saturated carbocycles. The van der Waals surface area contributed by atoms with E-state index in [-0.39, 0.29) is 28.8 Å². The zero-order valence-corrected chi connectivity index (χ0v) is 25.4. The number of H-pyrrole nitrogens is 1. The number of benzene rings is 2. The molecule has 5 rings (SSSR count). The van der Waals surface area contributed by atoms with Crippen LogP contribution in [-0.4, -0.2) is 70.0 Å². The second-order valence-corrected chi connectivity index (χ2v) is 11.5. The highest BCUT2D eigenvalue weighted by molar-refractivity contribution is 6.12. The molecule has 238 valence electrons. The molecule has 0 spiro atoms. The predicted molar refractivity (Wildman–Crippen MR) is 168 cm³/mol. The van der Waals surface area contributed by atoms with E-state index in [1.54, 1.807) is 36.4 Å². The number of alkyl halides is 3. The molecular weight excluding hydrogens is 583 g/mol. The number of amides is 2. The number of hydrogen-bond donors (Lipinski definition) is 4. The largest absolute Gasteiger partial charge is 0.416 e. The van der Waals surface area contributed by atoms with Crippen molar-refractivity contribution in [1.29, 1.82) is 5.41 Å². The Balaban J connectivity index is 1.30. The number of hydrogen-bond acceptors (Lipinski definition) is 6. The van der Waals surface area contributed by atoms with E-state index in [0.717, 1.165) is 63.3 Å². The summed E-state index contributed by atoms with van der Waals surface area (Å²) < 4.78 is 41.4. The Kier molecular flexibility index (Phi) is 9.83. The van der Waals surface area contributed by atoms with E-state index in [0.29, 0.717) is 35.7 Å². The van der Waals surface area contributed by atoms with Crippen LogP contribution in [0.15, 0.2) is 48.7 Å². The number of likely N-dealkylation sites (N-methyl/N-ethyl adjacent to an activating group) is 1. The minimum atomic E-state index is -4.56. The van der Waals surface area contributed by atoms with Crippen LogP contribution in [0.25, 0.3) is 6.08 Å². The third-order valence-corrected chi connectivity index (χ3v) is 8.15. The second kappa shape index (κ2) is 13.8. The molecule has 2 aliphatic rings. The van der Waals surface area contributed by atoms with Gasteiger partial charge in [-0.1, -0.05) is 19.9 Å². The van der Waals surface area contributed by atoms with Crippen molar-refractivity contribution in [2.45, 2.75) is 45.8 Å². The van der Waals surface area contributed by atoms with E-state index in [2.05, 4.69) is 37.3 Å². The molecule has 2 aromatic carbocycles. The van der Waals surface area contributed by atoms with Crippen molar-refractivity contribution in [1.82, 2.24) is 19.8 Å². The number of nitrogens with zero attached hydrogens (tertiary/aromatic N) is 3. The van der Waals surface area contributed by atoms with Crippen molar-refractivity contribution in [3.05, 3.63) is 82.3 Å². The van der Waals surface area contributed by atoms with Gasteiger partial charge in [0.05, 0.1) is 17.5 Å². The molecular formula is C33H38F3N7O2. The van der Waals surface area contributed by atoms with Gasteiger partial charge in [0.1, 0.15) is 11.6 Å². The summed E-state index contributed by atoms with van der Waals surface area (Å²) in [6.45, 7) is 8.56. The molecule has 2 fully saturated rings. The van der Waals surface area contributed by atoms with Gasteiger partial charge in [-0.05, 0) is 79.4 Å². The van der Waals surface area contributed by atoms with Crippen molar-refractivity contribution in [2.24, 2.45) is 5.92 Å². The van der Waals surface area contributed by atoms with Crippen LogP contribution in [0.3, 0.4) is 0 Å². The normalized spacial score (nSPS) is 16.2. The van der Waals surface area contributed by atoms with Crippen LogP contribution in [-0.2, 0) is 23.9 Å². The van der Waals surface area contributed by atoms with E-state index in [9.17, 15) is 22.8 Å². The summed E-state index contributed by atoms with van der Waals surface area (Å²) in [5.74, 6) is 0.365. The summed E-state index contributed by atoms with van der Waals surface area (Å²) in [4.78, 5) is 36.9. The van der Waals surface area contributed by atoms with Crippen LogP contribution in [0.5, 0.6) is 0 Å². The van der Waals surface area contributed by atoms with Gasteiger partial charge < -0.3 is 25.9 Å². The van der Waals surface area contributed by atoms with E-state index in [1.807, 2.05) is 6.92 Å². The number of aromatic amines is 1. The molecule has 1 aliphatic heterocycles. The lowest BCUT2D eigenvalue weighted by Gasteiger charge is -2.34. The number of carbonyl (C=O) groups is 2. The van der Waals surface area contributed by atoms with Gasteiger partial charge in [0.15, 0.2) is 0 Å². The average molecular weight is 622 g/mol. The predicted octanol–water partition coefficient (Wildman–Crippen LogP) is 5.81. The first kappa shape index (κ1) is 32.1. The van der Waals surface area contributed by atoms with Gasteiger partial charge in [-0.15, -0.1) is 0 Å². The van der Waals surface area contributed by atoms with Crippen LogP contribution in [0, 0.1) is 11.3 Å². The Morgan fingerprint density at radius 1 is 1.04 bits per heavy atom. The zero-order chi connectivity index (χ0) is 32.1. The highest BCUT2D eigenvalue weighted by Crippen LogP contribution is 2.33. The quantitative estimate of drug-likeness (QED) is 0.202. The lowest BCUT2D eigenvalue weighted by atomic mass is 9.97. The summed E-state index contributed by atoms with van der Waals surface area (Å²) in [6, 6.07) is 8.62. The fourth-order valence-corrected chi connectivity index (χ4v) is 5.34. The van der Waals surface area contributed by atoms with E-state index < -0.39 is 17.6 Å². The summed E-state index contributed by atoms with van der Waals surface area (Å²) in [5.41, 5.74) is 1.44. The zero-order valence-electron chi connectivity index (χ0n) is 25.4. The number of anilines is 2. The smallest absolute Gasteiger partial charge is 0.325 e. The number of halogens is 3. The maximum atomic E-state index is 13.8. The molecule has 0 radical (unpaired) electrons. The Morgan fingerprint density at radius 3 is 2.44 bits per heavy atom. The molecule has 4 N–H and O–H groups in total. The number of aryl methyl sites for hydroxylation is 1. The summed E-state index contributed by atoms with van der Waals surface area (Å²) in [7, 11) is 0. The molecule has 0 atom stereocenters. The van der Waals surface area contributed by atoms with E-state index in [1.165, 1.54) is 6.20 Å². The highest BCUT2D eigenvalue weighted by atomic mass is 19.4. The molecule has 1 aliphatic carbocycles. The summed E-state index contributed by atoms with van der Waals surface area (Å²) >= 11 is 0. The van der Waals surface area contributed by atoms with Crippen LogP contribution >= 0.6 is 0 Å². The maximum absolute atomic E-state index is 13.8. The number of aromatic nitrogens is 2. The minimum Gasteiger partial charge on any atom is -0.325 e. The number of imidazole rings is 1. The molecule has 0 bridgehead atoms. The molecule has 45 heavy (non-hydrogen) atoms. The molecule has 1 saturated heterocycles. The van der Waals surface area contributed by atoms with Gasteiger partial charge in [-0.3, -0.25) is 14.5 Å². The van der Waals surface area contributed by atoms with Gasteiger partial charge in [-0.25, -0.2) is 4.98 Å². The molecule has 3 aromatic rings. The Morgan fingerprint density at radius 2 is 1.78 bits per heavy atom. The number of rotatable bonds is 11. The van der Waals surface area contributed by atoms with Crippen LogP contribution in [0.4, 0.5) is 24.7 Å². The lowest BCUT2D eigenvalue weighted by molar-refractivity contribution is -0.137. The van der Waals surface area contributed by atoms with Crippen molar-refractivity contribution in [2.75, 3.05) is 43.4 Å². The van der Waals surface area contributed by atoms with Gasteiger partial charge in [0.2, 0.25) is 5.91 Å². The number of allylic oxidation sites excluding steroid dienone is 1. The lowest BCUT2D eigenvalue weighted by Crippen LogP contribution is -2.45. The summed E-state index contributed by atoms with van der Waals surface area (Å²) in [6.07, 6.45) is 2.48. The van der Waals surface area contributed by atoms with Gasteiger partial charge >= 0.3 is 6.18 Å². The minimum absolute atomic E-state index is 0.0450. The Bertz CT molecular complexity index is 1590. The van der Waals surface area contributed by atoms with Crippen molar-refractivity contribution < 1.29 is 22.8 Å². The summed E-state index contributed by atoms with van der Waals surface area (Å²) in [5, 5.41) is 14.1. The van der Waals surface area contributed by atoms with Gasteiger partial charge in [0.25, 0.3) is 5.91 Å². The van der Waals surface area contributed by atoms with Gasteiger partial charge in [-0.2, -0.15) is 13.2 Å². The highest BCUT2D eigenvalue weighted by Gasteiger charge is 2.32. The fraction of sp³-hybridized carbons (Fsp3) is 0.394. The monoisotopic (exact) mass is 621 g/mol. The van der Waals surface area contributed by atoms with Crippen molar-refractivity contribution >= 4 is 35.1 Å². The fourth-order valence-electron chi connectivity index (χ4n) is 5.34. The number of carbonyl (C=O) groups excluding carboxylic acids is 2. The van der Waals surface area contributed by atoms with Crippen LogP contribution in [0.2, 0.25) is 0 Å². The Labute approximate surface area is 260 Å². The third-order valence-electron chi connectivity index (χ3n) is 8.15. The van der Waals surface area contributed by atoms with Gasteiger partial charge in [0, 0.05) is 55.5 Å². The van der Waals surface area contributed by atoms with E-state index >= 15 is 0 Å². The third kappa shape index (κ3) is 8.46. The SMILES string of the molecule is CCc1ccc(C(=O)Nc2cc(CN3CCN(CC)CC3)cc(C(F)(F)F)c2)cc1C(=N)/C=C\c1ncc(NC(=O)C2CC2)[nH]1. The van der Waals surface area contributed by atoms with E-state index in [4.69, 9.17) is 5.41 Å². The first-order valence-corrected chi connectivity index (χ1v) is 15.3. The molecule has 2 heterocycles. The average Bonchev–Trinajstić information content (AvgIpc) is 3.79. The number of nitrogens with one attached hydrogen (secondary N) is 4. The number of piperazine rings is 1. The van der Waals surface area contributed by atoms with Crippen molar-refractivity contribution in [3.63, 3.8) is 0 Å². The first-order chi connectivity index (χ1) is 21.5. The van der Waals surface area contributed by atoms with Crippen LogP contribution < -0.4 is 10.6 Å². The molecule has 1 aromatic heterocycles. The standard InChI is InChI=1S/C33H38F3N7O2/c1-3-22-5-8-24(17-27(22)28(37)9-10-29-38-19-30(40-29)41-31(44)23-6-7-23)32(45)39-26-16-21(15-25(18-26)33(34,35)36)20-43-13-11-42(4-2)12-14-43/h5,8-10,15-19,23,37H,3-4,6-7,11-14,20H2,1-2H3,(H,38,40)(H,39,45)(H,41,44)/b10-9-,37-28?. The topological polar surface area (TPSA) is 117 Å². The maximum Gasteiger partial charge on any atom is 0.416 e. The molecule has 0 unspecified atom stereocenters. The van der Waals surface area contributed by atoms with Crippen molar-refractivity contribution in [3.8, 4) is 0 Å². The molecule has 9 nitrogen and oxygen atoms in total.